The van der Waals surface area contributed by atoms with E-state index in [0.29, 0.717) is 0 Å². The molecule has 0 aliphatic heterocycles. The fourth-order valence-corrected chi connectivity index (χ4v) is 3.27. The molecule has 0 radical (unpaired) electrons. The SMILES string of the molecule is COP(SC)c1ccccc1. The quantitative estimate of drug-likeness (QED) is 0.671. The van der Waals surface area contributed by atoms with Crippen LogP contribution in [0, 0.1) is 0 Å². The fourth-order valence-electron chi connectivity index (χ4n) is 0.835. The first kappa shape index (κ1) is 9.05. The Balaban J connectivity index is 2.74. The van der Waals surface area contributed by atoms with E-state index < -0.39 is 7.35 Å². The van der Waals surface area contributed by atoms with Crippen molar-refractivity contribution in [2.45, 2.75) is 0 Å². The maximum atomic E-state index is 5.31. The Morgan fingerprint density at radius 2 is 1.91 bits per heavy atom. The lowest BCUT2D eigenvalue weighted by molar-refractivity contribution is 0.478. The average Bonchev–Trinajstić information content (AvgIpc) is 2.09. The van der Waals surface area contributed by atoms with E-state index in [-0.39, 0.29) is 0 Å². The molecule has 1 rings (SSSR count). The molecule has 0 saturated heterocycles. The van der Waals surface area contributed by atoms with Crippen LogP contribution in [0.25, 0.3) is 0 Å². The molecule has 0 aliphatic rings. The second kappa shape index (κ2) is 4.76. The van der Waals surface area contributed by atoms with Gasteiger partial charge >= 0.3 is 0 Å². The summed E-state index contributed by atoms with van der Waals surface area (Å²) in [6, 6.07) is 10.3. The molecular formula is C8H11OPS. The zero-order valence-electron chi connectivity index (χ0n) is 6.65. The first-order valence-electron chi connectivity index (χ1n) is 3.32. The molecule has 60 valence electrons. The minimum absolute atomic E-state index is 0.435. The third-order valence-electron chi connectivity index (χ3n) is 1.30. The maximum absolute atomic E-state index is 5.31. The molecule has 0 aliphatic carbocycles. The molecule has 0 amide bonds. The standard InChI is InChI=1S/C8H11OPS/c1-9-10(11-2)8-6-4-3-5-7-8/h3-7H,1-2H3. The van der Waals surface area contributed by atoms with Gasteiger partial charge in [-0.05, 0) is 6.26 Å². The predicted octanol–water partition coefficient (Wildman–Crippen LogP) is 2.63. The van der Waals surface area contributed by atoms with E-state index in [2.05, 4.69) is 18.4 Å². The van der Waals surface area contributed by atoms with Gasteiger partial charge in [0.1, 0.15) is 7.35 Å². The van der Waals surface area contributed by atoms with Crippen LogP contribution < -0.4 is 5.30 Å². The molecule has 0 N–H and O–H groups in total. The molecule has 11 heavy (non-hydrogen) atoms. The lowest BCUT2D eigenvalue weighted by atomic mass is 10.4. The maximum Gasteiger partial charge on any atom is 0.120 e. The van der Waals surface area contributed by atoms with E-state index in [1.807, 2.05) is 18.2 Å². The Morgan fingerprint density at radius 1 is 1.27 bits per heavy atom. The van der Waals surface area contributed by atoms with Gasteiger partial charge in [-0.3, -0.25) is 0 Å². The van der Waals surface area contributed by atoms with Crippen molar-refractivity contribution in [1.82, 2.24) is 0 Å². The summed E-state index contributed by atoms with van der Waals surface area (Å²) in [5.74, 6) is 0. The molecular weight excluding hydrogens is 175 g/mol. The highest BCUT2D eigenvalue weighted by Gasteiger charge is 2.06. The highest BCUT2D eigenvalue weighted by Crippen LogP contribution is 2.46. The number of hydrogen-bond donors (Lipinski definition) is 0. The van der Waals surface area contributed by atoms with Crippen molar-refractivity contribution in [2.24, 2.45) is 0 Å². The fraction of sp³-hybridized carbons (Fsp3) is 0.250. The van der Waals surface area contributed by atoms with Crippen LogP contribution in [-0.4, -0.2) is 13.4 Å². The lowest BCUT2D eigenvalue weighted by Gasteiger charge is -2.10. The molecule has 1 unspecified atom stereocenters. The van der Waals surface area contributed by atoms with Crippen LogP contribution in [0.2, 0.25) is 0 Å². The molecule has 1 aromatic carbocycles. The summed E-state index contributed by atoms with van der Waals surface area (Å²) >= 11 is 1.77. The molecule has 0 bridgehead atoms. The first-order chi connectivity index (χ1) is 5.38. The molecule has 1 aromatic rings. The van der Waals surface area contributed by atoms with Gasteiger partial charge in [0.2, 0.25) is 0 Å². The molecule has 0 aromatic heterocycles. The highest BCUT2D eigenvalue weighted by atomic mass is 32.7. The molecule has 0 spiro atoms. The van der Waals surface area contributed by atoms with Crippen LogP contribution in [-0.2, 0) is 4.52 Å². The van der Waals surface area contributed by atoms with Crippen molar-refractivity contribution in [3.8, 4) is 0 Å². The van der Waals surface area contributed by atoms with Gasteiger partial charge in [0.25, 0.3) is 0 Å². The van der Waals surface area contributed by atoms with E-state index in [1.54, 1.807) is 18.5 Å². The summed E-state index contributed by atoms with van der Waals surface area (Å²) in [5.41, 5.74) is 0. The summed E-state index contributed by atoms with van der Waals surface area (Å²) in [6.45, 7) is 0. The van der Waals surface area contributed by atoms with Gasteiger partial charge in [-0.2, -0.15) is 0 Å². The highest BCUT2D eigenvalue weighted by molar-refractivity contribution is 8.56. The Morgan fingerprint density at radius 3 is 2.36 bits per heavy atom. The Hall–Kier alpha value is -0.0400. The van der Waals surface area contributed by atoms with E-state index in [1.165, 1.54) is 5.30 Å². The molecule has 1 atom stereocenters. The van der Waals surface area contributed by atoms with Crippen LogP contribution in [0.5, 0.6) is 0 Å². The summed E-state index contributed by atoms with van der Waals surface area (Å²) in [4.78, 5) is 0. The molecule has 0 saturated carbocycles. The Kier molecular flexibility index (Phi) is 3.92. The molecule has 3 heteroatoms. The minimum atomic E-state index is -0.435. The topological polar surface area (TPSA) is 9.23 Å². The predicted molar refractivity (Wildman–Crippen MR) is 53.5 cm³/mol. The zero-order chi connectivity index (χ0) is 8.10. The number of benzene rings is 1. The molecule has 0 fully saturated rings. The van der Waals surface area contributed by atoms with Gasteiger partial charge in [-0.15, -0.1) is 11.4 Å². The van der Waals surface area contributed by atoms with E-state index in [0.717, 1.165) is 0 Å². The summed E-state index contributed by atoms with van der Waals surface area (Å²) in [5, 5.41) is 1.29. The van der Waals surface area contributed by atoms with Crippen LogP contribution in [0.15, 0.2) is 30.3 Å². The number of hydrogen-bond acceptors (Lipinski definition) is 2. The van der Waals surface area contributed by atoms with Crippen molar-refractivity contribution in [1.29, 1.82) is 0 Å². The smallest absolute Gasteiger partial charge is 0.120 e. The molecule has 0 heterocycles. The summed E-state index contributed by atoms with van der Waals surface area (Å²) < 4.78 is 5.31. The summed E-state index contributed by atoms with van der Waals surface area (Å²) in [7, 11) is 1.32. The van der Waals surface area contributed by atoms with Crippen molar-refractivity contribution < 1.29 is 4.52 Å². The first-order valence-corrected chi connectivity index (χ1v) is 6.41. The van der Waals surface area contributed by atoms with Gasteiger partial charge in [0.05, 0.1) is 0 Å². The lowest BCUT2D eigenvalue weighted by Crippen LogP contribution is -1.97. The largest absolute Gasteiger partial charge is 0.347 e. The molecule has 1 nitrogen and oxygen atoms in total. The second-order valence-electron chi connectivity index (χ2n) is 1.96. The summed E-state index contributed by atoms with van der Waals surface area (Å²) in [6.07, 6.45) is 2.07. The van der Waals surface area contributed by atoms with Gasteiger partial charge in [0.15, 0.2) is 0 Å². The van der Waals surface area contributed by atoms with Gasteiger partial charge in [-0.25, -0.2) is 0 Å². The van der Waals surface area contributed by atoms with Gasteiger partial charge < -0.3 is 4.52 Å². The Bertz CT molecular complexity index is 199. The van der Waals surface area contributed by atoms with Crippen molar-refractivity contribution in [2.75, 3.05) is 13.4 Å². The Labute approximate surface area is 72.7 Å². The van der Waals surface area contributed by atoms with E-state index in [4.69, 9.17) is 4.52 Å². The second-order valence-corrected chi connectivity index (χ2v) is 5.81. The van der Waals surface area contributed by atoms with Gasteiger partial charge in [0, 0.05) is 12.4 Å². The third-order valence-corrected chi connectivity index (χ3v) is 4.76. The van der Waals surface area contributed by atoms with Crippen molar-refractivity contribution in [3.63, 3.8) is 0 Å². The van der Waals surface area contributed by atoms with Crippen LogP contribution in [0.4, 0.5) is 0 Å². The minimum Gasteiger partial charge on any atom is -0.347 e. The third kappa shape index (κ3) is 2.48. The monoisotopic (exact) mass is 186 g/mol. The average molecular weight is 186 g/mol. The van der Waals surface area contributed by atoms with Crippen LogP contribution in [0.1, 0.15) is 0 Å². The van der Waals surface area contributed by atoms with Crippen LogP contribution >= 0.6 is 18.7 Å². The normalized spacial score (nSPS) is 12.9. The zero-order valence-corrected chi connectivity index (χ0v) is 8.36. The van der Waals surface area contributed by atoms with E-state index >= 15 is 0 Å². The van der Waals surface area contributed by atoms with E-state index in [9.17, 15) is 0 Å². The van der Waals surface area contributed by atoms with Crippen molar-refractivity contribution >= 4 is 24.0 Å². The van der Waals surface area contributed by atoms with Crippen LogP contribution in [0.3, 0.4) is 0 Å². The van der Waals surface area contributed by atoms with Crippen molar-refractivity contribution in [3.05, 3.63) is 30.3 Å². The van der Waals surface area contributed by atoms with Gasteiger partial charge in [-0.1, -0.05) is 30.3 Å². The number of rotatable bonds is 3.